The van der Waals surface area contributed by atoms with Crippen molar-refractivity contribution >= 4 is 29.2 Å². The van der Waals surface area contributed by atoms with E-state index < -0.39 is 0 Å². The number of hydrogen-bond donors (Lipinski definition) is 2. The fraction of sp³-hybridized carbons (Fsp3) is 0.190. The fourth-order valence-corrected chi connectivity index (χ4v) is 2.83. The number of hydrogen-bond acceptors (Lipinski definition) is 4. The molecule has 2 aromatic carbocycles. The second-order valence-electron chi connectivity index (χ2n) is 6.16. The molecule has 7 nitrogen and oxygen atoms in total. The molecule has 3 aromatic rings. The molecule has 0 fully saturated rings. The zero-order chi connectivity index (χ0) is 20.6. The summed E-state index contributed by atoms with van der Waals surface area (Å²) in [5.41, 5.74) is 1.38. The Morgan fingerprint density at radius 3 is 2.62 bits per heavy atom. The Hall–Kier alpha value is -3.32. The molecule has 0 aliphatic heterocycles. The van der Waals surface area contributed by atoms with E-state index in [1.165, 1.54) is 0 Å². The molecule has 3 rings (SSSR count). The first kappa shape index (κ1) is 20.4. The van der Waals surface area contributed by atoms with Crippen LogP contribution < -0.4 is 15.4 Å². The van der Waals surface area contributed by atoms with Crippen molar-refractivity contribution in [2.75, 3.05) is 18.5 Å². The van der Waals surface area contributed by atoms with E-state index in [9.17, 15) is 9.59 Å². The smallest absolute Gasteiger partial charge is 0.255 e. The molecular formula is C21H21ClN4O3. The Kier molecular flexibility index (Phi) is 6.86. The lowest BCUT2D eigenvalue weighted by molar-refractivity contribution is -0.115. The van der Waals surface area contributed by atoms with Gasteiger partial charge in [0.1, 0.15) is 11.6 Å². The van der Waals surface area contributed by atoms with Crippen molar-refractivity contribution in [1.82, 2.24) is 15.1 Å². The standard InChI is InChI=1S/C21H21ClN4O3/c1-2-29-18-6-4-3-5-17(18)21(28)23-13-20(27)25-19-11-12-24-26(19)14-15-7-9-16(22)10-8-15/h3-12H,2,13-14H2,1H3,(H,23,28)(H,25,27). The summed E-state index contributed by atoms with van der Waals surface area (Å²) < 4.78 is 7.11. The third-order valence-corrected chi connectivity index (χ3v) is 4.32. The number of nitrogens with zero attached hydrogens (tertiary/aromatic N) is 2. The molecule has 0 aliphatic carbocycles. The first-order valence-corrected chi connectivity index (χ1v) is 9.50. The molecule has 29 heavy (non-hydrogen) atoms. The van der Waals surface area contributed by atoms with E-state index >= 15 is 0 Å². The summed E-state index contributed by atoms with van der Waals surface area (Å²) in [4.78, 5) is 24.7. The molecule has 2 N–H and O–H groups in total. The maximum Gasteiger partial charge on any atom is 0.255 e. The van der Waals surface area contributed by atoms with Crippen molar-refractivity contribution in [3.05, 3.63) is 76.9 Å². The molecule has 1 aromatic heterocycles. The first-order valence-electron chi connectivity index (χ1n) is 9.13. The van der Waals surface area contributed by atoms with Gasteiger partial charge >= 0.3 is 0 Å². The normalized spacial score (nSPS) is 10.4. The van der Waals surface area contributed by atoms with Crippen LogP contribution in [-0.2, 0) is 11.3 Å². The summed E-state index contributed by atoms with van der Waals surface area (Å²) in [6.45, 7) is 2.59. The highest BCUT2D eigenvalue weighted by Gasteiger charge is 2.14. The number of aromatic nitrogens is 2. The molecule has 8 heteroatoms. The maximum absolute atomic E-state index is 12.4. The van der Waals surface area contributed by atoms with E-state index in [1.54, 1.807) is 53.3 Å². The van der Waals surface area contributed by atoms with Crippen molar-refractivity contribution in [2.24, 2.45) is 0 Å². The topological polar surface area (TPSA) is 85.2 Å². The maximum atomic E-state index is 12.4. The second-order valence-corrected chi connectivity index (χ2v) is 6.60. The predicted molar refractivity (Wildman–Crippen MR) is 111 cm³/mol. The fourth-order valence-electron chi connectivity index (χ4n) is 2.71. The highest BCUT2D eigenvalue weighted by molar-refractivity contribution is 6.30. The SMILES string of the molecule is CCOc1ccccc1C(=O)NCC(=O)Nc1ccnn1Cc1ccc(Cl)cc1. The number of carbonyl (C=O) groups excluding carboxylic acids is 2. The van der Waals surface area contributed by atoms with Crippen LogP contribution in [-0.4, -0.2) is 34.7 Å². The number of carbonyl (C=O) groups is 2. The van der Waals surface area contributed by atoms with E-state index in [1.807, 2.05) is 19.1 Å². The van der Waals surface area contributed by atoms with Crippen LogP contribution in [0.15, 0.2) is 60.8 Å². The molecule has 150 valence electrons. The minimum atomic E-state index is -0.376. The quantitative estimate of drug-likeness (QED) is 0.594. The lowest BCUT2D eigenvalue weighted by atomic mass is 10.2. The average Bonchev–Trinajstić information content (AvgIpc) is 3.15. The lowest BCUT2D eigenvalue weighted by Gasteiger charge is -2.11. The molecule has 0 aliphatic rings. The zero-order valence-electron chi connectivity index (χ0n) is 15.9. The van der Waals surface area contributed by atoms with Crippen LogP contribution in [0.2, 0.25) is 5.02 Å². The monoisotopic (exact) mass is 412 g/mol. The van der Waals surface area contributed by atoms with Crippen molar-refractivity contribution in [2.45, 2.75) is 13.5 Å². The minimum absolute atomic E-state index is 0.175. The molecule has 0 atom stereocenters. The van der Waals surface area contributed by atoms with E-state index in [4.69, 9.17) is 16.3 Å². The highest BCUT2D eigenvalue weighted by atomic mass is 35.5. The third-order valence-electron chi connectivity index (χ3n) is 4.07. The molecular weight excluding hydrogens is 392 g/mol. The summed E-state index contributed by atoms with van der Waals surface area (Å²) in [7, 11) is 0. The molecule has 0 spiro atoms. The number of nitrogens with one attached hydrogen (secondary N) is 2. The van der Waals surface area contributed by atoms with Crippen LogP contribution in [0, 0.1) is 0 Å². The predicted octanol–water partition coefficient (Wildman–Crippen LogP) is 3.35. The van der Waals surface area contributed by atoms with Crippen molar-refractivity contribution in [1.29, 1.82) is 0 Å². The van der Waals surface area contributed by atoms with Gasteiger partial charge in [0.05, 0.1) is 31.5 Å². The minimum Gasteiger partial charge on any atom is -0.493 e. The van der Waals surface area contributed by atoms with Crippen LogP contribution in [0.4, 0.5) is 5.82 Å². The molecule has 0 radical (unpaired) electrons. The van der Waals surface area contributed by atoms with Crippen molar-refractivity contribution < 1.29 is 14.3 Å². The summed E-state index contributed by atoms with van der Waals surface area (Å²) >= 11 is 5.90. The van der Waals surface area contributed by atoms with Crippen molar-refractivity contribution in [3.8, 4) is 5.75 Å². The number of ether oxygens (including phenoxy) is 1. The van der Waals surface area contributed by atoms with Crippen LogP contribution in [0.25, 0.3) is 0 Å². The lowest BCUT2D eigenvalue weighted by Crippen LogP contribution is -2.33. The summed E-state index contributed by atoms with van der Waals surface area (Å²) in [5.74, 6) is 0.284. The van der Waals surface area contributed by atoms with Crippen LogP contribution in [0.3, 0.4) is 0 Å². The second kappa shape index (κ2) is 9.75. The summed E-state index contributed by atoms with van der Waals surface area (Å²) in [5, 5.41) is 10.3. The molecule has 0 saturated carbocycles. The van der Waals surface area contributed by atoms with Gasteiger partial charge in [0.2, 0.25) is 5.91 Å². The largest absolute Gasteiger partial charge is 0.493 e. The Morgan fingerprint density at radius 2 is 1.86 bits per heavy atom. The number of halogens is 1. The first-order chi connectivity index (χ1) is 14.1. The van der Waals surface area contributed by atoms with Gasteiger partial charge in [-0.3, -0.25) is 9.59 Å². The van der Waals surface area contributed by atoms with Gasteiger partial charge in [0.25, 0.3) is 5.91 Å². The van der Waals surface area contributed by atoms with Gasteiger partial charge in [0, 0.05) is 11.1 Å². The van der Waals surface area contributed by atoms with Crippen molar-refractivity contribution in [3.63, 3.8) is 0 Å². The summed E-state index contributed by atoms with van der Waals surface area (Å²) in [6.07, 6.45) is 1.60. The van der Waals surface area contributed by atoms with Crippen LogP contribution in [0.1, 0.15) is 22.8 Å². The Bertz CT molecular complexity index is 986. The van der Waals surface area contributed by atoms with Gasteiger partial charge in [-0.15, -0.1) is 0 Å². The number of benzene rings is 2. The number of para-hydroxylation sites is 1. The van der Waals surface area contributed by atoms with E-state index in [0.717, 1.165) is 5.56 Å². The van der Waals surface area contributed by atoms with E-state index in [-0.39, 0.29) is 18.4 Å². The third kappa shape index (κ3) is 5.58. The zero-order valence-corrected chi connectivity index (χ0v) is 16.6. The summed E-state index contributed by atoms with van der Waals surface area (Å²) in [6, 6.07) is 16.0. The van der Waals surface area contributed by atoms with E-state index in [2.05, 4.69) is 15.7 Å². The van der Waals surface area contributed by atoms with Gasteiger partial charge in [-0.25, -0.2) is 4.68 Å². The van der Waals surface area contributed by atoms with Gasteiger partial charge in [-0.05, 0) is 36.8 Å². The van der Waals surface area contributed by atoms with Gasteiger partial charge in [-0.2, -0.15) is 5.10 Å². The highest BCUT2D eigenvalue weighted by Crippen LogP contribution is 2.17. The Morgan fingerprint density at radius 1 is 1.10 bits per heavy atom. The van der Waals surface area contributed by atoms with Gasteiger partial charge in [-0.1, -0.05) is 35.9 Å². The molecule has 1 heterocycles. The average molecular weight is 413 g/mol. The molecule has 2 amide bonds. The Labute approximate surface area is 173 Å². The van der Waals surface area contributed by atoms with Crippen LogP contribution >= 0.6 is 11.6 Å². The Balaban J connectivity index is 1.57. The van der Waals surface area contributed by atoms with E-state index in [0.29, 0.717) is 35.3 Å². The molecule has 0 bridgehead atoms. The molecule has 0 unspecified atom stereocenters. The molecule has 0 saturated heterocycles. The van der Waals surface area contributed by atoms with Gasteiger partial charge < -0.3 is 15.4 Å². The number of anilines is 1. The number of amides is 2. The van der Waals surface area contributed by atoms with Gasteiger partial charge in [0.15, 0.2) is 0 Å². The van der Waals surface area contributed by atoms with Crippen LogP contribution in [0.5, 0.6) is 5.75 Å². The number of rotatable bonds is 8.